The third kappa shape index (κ3) is 1.40. The maximum atomic E-state index is 12.4. The first kappa shape index (κ1) is 11.1. The molecule has 0 spiro atoms. The van der Waals surface area contributed by atoms with Gasteiger partial charge in [-0.1, -0.05) is 19.1 Å². The van der Waals surface area contributed by atoms with Crippen molar-refractivity contribution in [2.45, 2.75) is 19.8 Å². The molecule has 0 fully saturated rings. The number of ketones is 1. The Morgan fingerprint density at radius 1 is 1.28 bits per heavy atom. The van der Waals surface area contributed by atoms with E-state index in [4.69, 9.17) is 0 Å². The van der Waals surface area contributed by atoms with E-state index in [1.165, 1.54) is 6.07 Å². The van der Waals surface area contributed by atoms with Gasteiger partial charge in [0.25, 0.3) is 0 Å². The van der Waals surface area contributed by atoms with Gasteiger partial charge < -0.3 is 10.2 Å². The summed E-state index contributed by atoms with van der Waals surface area (Å²) >= 11 is 0. The third-order valence-electron chi connectivity index (χ3n) is 3.80. The van der Waals surface area contributed by atoms with Crippen molar-refractivity contribution in [3.05, 3.63) is 52.3 Å². The van der Waals surface area contributed by atoms with E-state index in [2.05, 4.69) is 6.92 Å². The van der Waals surface area contributed by atoms with Crippen LogP contribution >= 0.6 is 0 Å². The second-order valence-corrected chi connectivity index (χ2v) is 4.94. The number of benzene rings is 1. The lowest BCUT2D eigenvalue weighted by Gasteiger charge is -2.28. The van der Waals surface area contributed by atoms with Gasteiger partial charge in [0.05, 0.1) is 11.1 Å². The Bertz CT molecular complexity index is 608. The minimum Gasteiger partial charge on any atom is -0.508 e. The van der Waals surface area contributed by atoms with Gasteiger partial charge in [-0.15, -0.1) is 0 Å². The molecule has 0 radical (unpaired) electrons. The first-order valence-electron chi connectivity index (χ1n) is 6.07. The highest BCUT2D eigenvalue weighted by Gasteiger charge is 2.34. The molecule has 0 saturated carbocycles. The lowest BCUT2D eigenvalue weighted by atomic mass is 9.75. The van der Waals surface area contributed by atoms with Crippen LogP contribution in [-0.2, 0) is 6.42 Å². The summed E-state index contributed by atoms with van der Waals surface area (Å²) < 4.78 is 0. The maximum Gasteiger partial charge on any atom is 0.200 e. The molecule has 2 N–H and O–H groups in total. The number of Topliss-reactive ketones (excluding diaryl/α,β-unsaturated/α-hetero) is 1. The number of fused-ring (bicyclic) bond motifs is 1. The van der Waals surface area contributed by atoms with Crippen molar-refractivity contribution in [1.29, 1.82) is 0 Å². The number of aromatic hydroxyl groups is 1. The molecule has 3 nitrogen and oxygen atoms in total. The molecule has 3 rings (SSSR count). The largest absolute Gasteiger partial charge is 0.508 e. The van der Waals surface area contributed by atoms with E-state index in [0.29, 0.717) is 17.6 Å². The summed E-state index contributed by atoms with van der Waals surface area (Å²) in [4.78, 5) is 12.4. The standard InChI is InChI=1S/C15H14O3/c1-8-5-6-12(17)14-10(8)7-9-3-2-4-11(16)13(9)15(14)18/h2-4,6,8,16-17H,5,7H2,1H3. The molecule has 1 aromatic rings. The molecule has 92 valence electrons. The smallest absolute Gasteiger partial charge is 0.200 e. The lowest BCUT2D eigenvalue weighted by molar-refractivity contribution is 0.102. The quantitative estimate of drug-likeness (QED) is 0.735. The third-order valence-corrected chi connectivity index (χ3v) is 3.80. The minimum absolute atomic E-state index is 0.00456. The van der Waals surface area contributed by atoms with Gasteiger partial charge in [-0.05, 0) is 42.0 Å². The summed E-state index contributed by atoms with van der Waals surface area (Å²) in [7, 11) is 0. The molecule has 0 bridgehead atoms. The zero-order chi connectivity index (χ0) is 12.9. The number of hydrogen-bond donors (Lipinski definition) is 2. The molecule has 1 atom stereocenters. The molecule has 2 aliphatic rings. The highest BCUT2D eigenvalue weighted by molar-refractivity contribution is 6.15. The summed E-state index contributed by atoms with van der Waals surface area (Å²) in [6.07, 6.45) is 3.07. The van der Waals surface area contributed by atoms with Crippen molar-refractivity contribution in [3.63, 3.8) is 0 Å². The Morgan fingerprint density at radius 2 is 2.06 bits per heavy atom. The van der Waals surface area contributed by atoms with Crippen molar-refractivity contribution >= 4 is 5.78 Å². The predicted molar refractivity (Wildman–Crippen MR) is 67.7 cm³/mol. The molecular weight excluding hydrogens is 228 g/mol. The number of allylic oxidation sites excluding steroid dienone is 3. The maximum absolute atomic E-state index is 12.4. The molecule has 0 amide bonds. The second-order valence-electron chi connectivity index (χ2n) is 4.94. The number of hydrogen-bond acceptors (Lipinski definition) is 3. The summed E-state index contributed by atoms with van der Waals surface area (Å²) in [5, 5.41) is 19.7. The van der Waals surface area contributed by atoms with E-state index in [1.54, 1.807) is 12.1 Å². The molecule has 0 heterocycles. The number of phenols is 1. The van der Waals surface area contributed by atoms with Gasteiger partial charge in [-0.2, -0.15) is 0 Å². The number of carbonyl (C=O) groups excluding carboxylic acids is 1. The molecule has 0 aliphatic heterocycles. The Balaban J connectivity index is 2.22. The number of rotatable bonds is 0. The number of aliphatic hydroxyl groups excluding tert-OH is 1. The van der Waals surface area contributed by atoms with Gasteiger partial charge in [0.15, 0.2) is 0 Å². The van der Waals surface area contributed by atoms with Crippen LogP contribution in [0.4, 0.5) is 0 Å². The molecule has 1 unspecified atom stereocenters. The van der Waals surface area contributed by atoms with E-state index < -0.39 is 0 Å². The van der Waals surface area contributed by atoms with Crippen LogP contribution in [-0.4, -0.2) is 16.0 Å². The van der Waals surface area contributed by atoms with Crippen LogP contribution in [0.1, 0.15) is 29.3 Å². The van der Waals surface area contributed by atoms with Gasteiger partial charge in [0.1, 0.15) is 11.5 Å². The highest BCUT2D eigenvalue weighted by atomic mass is 16.3. The molecule has 3 heteroatoms. The summed E-state index contributed by atoms with van der Waals surface area (Å²) in [6, 6.07) is 5.12. The summed E-state index contributed by atoms with van der Waals surface area (Å²) in [5.41, 5.74) is 2.56. The summed E-state index contributed by atoms with van der Waals surface area (Å²) in [6.45, 7) is 2.05. The Labute approximate surface area is 105 Å². The SMILES string of the molecule is CC1CC=C(O)C2=C1Cc1cccc(O)c1C2=O. The number of carbonyl (C=O) groups is 1. The Kier molecular flexibility index (Phi) is 2.30. The Morgan fingerprint density at radius 3 is 2.83 bits per heavy atom. The number of aliphatic hydroxyl groups is 1. The summed E-state index contributed by atoms with van der Waals surface area (Å²) in [5.74, 6) is 0.0529. The van der Waals surface area contributed by atoms with Crippen molar-refractivity contribution < 1.29 is 15.0 Å². The van der Waals surface area contributed by atoms with Gasteiger partial charge >= 0.3 is 0 Å². The number of phenolic OH excluding ortho intramolecular Hbond substituents is 1. The average Bonchev–Trinajstić information content (AvgIpc) is 2.34. The van der Waals surface area contributed by atoms with Crippen molar-refractivity contribution in [3.8, 4) is 5.75 Å². The molecular formula is C15H14O3. The van der Waals surface area contributed by atoms with Crippen molar-refractivity contribution in [1.82, 2.24) is 0 Å². The fourth-order valence-corrected chi connectivity index (χ4v) is 2.79. The molecule has 0 aromatic heterocycles. The predicted octanol–water partition coefficient (Wildman–Crippen LogP) is 2.91. The lowest BCUT2D eigenvalue weighted by Crippen LogP contribution is -2.23. The zero-order valence-corrected chi connectivity index (χ0v) is 10.1. The van der Waals surface area contributed by atoms with Gasteiger partial charge in [0, 0.05) is 0 Å². The normalized spacial score (nSPS) is 22.4. The van der Waals surface area contributed by atoms with Crippen LogP contribution in [0.25, 0.3) is 0 Å². The second kappa shape index (κ2) is 3.73. The zero-order valence-electron chi connectivity index (χ0n) is 10.1. The van der Waals surface area contributed by atoms with Crippen LogP contribution in [0.3, 0.4) is 0 Å². The van der Waals surface area contributed by atoms with Crippen molar-refractivity contribution in [2.75, 3.05) is 0 Å². The average molecular weight is 242 g/mol. The molecule has 0 saturated heterocycles. The fourth-order valence-electron chi connectivity index (χ4n) is 2.79. The van der Waals surface area contributed by atoms with Crippen LogP contribution in [0, 0.1) is 5.92 Å². The fraction of sp³-hybridized carbons (Fsp3) is 0.267. The monoisotopic (exact) mass is 242 g/mol. The van der Waals surface area contributed by atoms with E-state index in [0.717, 1.165) is 17.6 Å². The highest BCUT2D eigenvalue weighted by Crippen LogP contribution is 2.40. The van der Waals surface area contributed by atoms with E-state index in [1.807, 2.05) is 6.07 Å². The van der Waals surface area contributed by atoms with Crippen LogP contribution < -0.4 is 0 Å². The molecule has 1 aromatic carbocycles. The minimum atomic E-state index is -0.260. The van der Waals surface area contributed by atoms with Gasteiger partial charge in [-0.3, -0.25) is 4.79 Å². The van der Waals surface area contributed by atoms with E-state index in [9.17, 15) is 15.0 Å². The molecule has 2 aliphatic carbocycles. The van der Waals surface area contributed by atoms with Gasteiger partial charge in [0.2, 0.25) is 5.78 Å². The van der Waals surface area contributed by atoms with Crippen LogP contribution in [0.2, 0.25) is 0 Å². The van der Waals surface area contributed by atoms with E-state index >= 15 is 0 Å². The molecule has 18 heavy (non-hydrogen) atoms. The van der Waals surface area contributed by atoms with E-state index in [-0.39, 0.29) is 23.2 Å². The first-order chi connectivity index (χ1) is 8.59. The van der Waals surface area contributed by atoms with Crippen LogP contribution in [0.5, 0.6) is 5.75 Å². The topological polar surface area (TPSA) is 57.5 Å². The van der Waals surface area contributed by atoms with Crippen molar-refractivity contribution in [2.24, 2.45) is 5.92 Å². The Hall–Kier alpha value is -2.03. The van der Waals surface area contributed by atoms with Gasteiger partial charge in [-0.25, -0.2) is 0 Å². The van der Waals surface area contributed by atoms with Crippen LogP contribution in [0.15, 0.2) is 41.2 Å². The first-order valence-corrected chi connectivity index (χ1v) is 6.07.